The second kappa shape index (κ2) is 8.91. The first-order valence-corrected chi connectivity index (χ1v) is 7.41. The summed E-state index contributed by atoms with van der Waals surface area (Å²) in [6.45, 7) is 2.58. The molecule has 0 aromatic heterocycles. The van der Waals surface area contributed by atoms with E-state index in [-0.39, 0.29) is 17.8 Å². The van der Waals surface area contributed by atoms with Crippen LogP contribution in [0.2, 0.25) is 0 Å². The lowest BCUT2D eigenvalue weighted by Gasteiger charge is -2.26. The summed E-state index contributed by atoms with van der Waals surface area (Å²) in [4.78, 5) is 11.5. The molecule has 0 aromatic carbocycles. The molecule has 0 radical (unpaired) electrons. The molecule has 0 aromatic rings. The lowest BCUT2D eigenvalue weighted by molar-refractivity contribution is 0.148. The molecule has 1 fully saturated rings. The second-order valence-corrected chi connectivity index (χ2v) is 5.35. The zero-order valence-electron chi connectivity index (χ0n) is 11.9. The van der Waals surface area contributed by atoms with Crippen molar-refractivity contribution in [2.24, 2.45) is 11.7 Å². The molecule has 1 amide bonds. The van der Waals surface area contributed by atoms with Crippen molar-refractivity contribution in [2.75, 3.05) is 6.61 Å². The number of rotatable bonds is 6. The first-order chi connectivity index (χ1) is 9.13. The van der Waals surface area contributed by atoms with Crippen molar-refractivity contribution in [1.82, 2.24) is 5.32 Å². The second-order valence-electron chi connectivity index (χ2n) is 5.35. The molecule has 4 N–H and O–H groups in total. The van der Waals surface area contributed by atoms with Crippen LogP contribution in [0.1, 0.15) is 58.3 Å². The fourth-order valence-electron chi connectivity index (χ4n) is 2.35. The Balaban J connectivity index is 2.12. The van der Waals surface area contributed by atoms with Gasteiger partial charge >= 0.3 is 6.09 Å². The van der Waals surface area contributed by atoms with Gasteiger partial charge in [0.15, 0.2) is 0 Å². The third-order valence-corrected chi connectivity index (χ3v) is 3.65. The number of amidine groups is 1. The van der Waals surface area contributed by atoms with Crippen LogP contribution in [-0.2, 0) is 4.74 Å². The van der Waals surface area contributed by atoms with E-state index in [1.807, 2.05) is 0 Å². The zero-order chi connectivity index (χ0) is 14.1. The molecule has 1 rings (SSSR count). The molecule has 1 aliphatic carbocycles. The quantitative estimate of drug-likeness (QED) is 0.393. The third-order valence-electron chi connectivity index (χ3n) is 3.65. The van der Waals surface area contributed by atoms with Gasteiger partial charge in [-0.1, -0.05) is 26.2 Å². The summed E-state index contributed by atoms with van der Waals surface area (Å²) in [5, 5.41) is 10.4. The SMILES string of the molecule is CCCCCCOC(=O)NC(=N)C1CCC(N)CC1. The fraction of sp³-hybridized carbons (Fsp3) is 0.857. The summed E-state index contributed by atoms with van der Waals surface area (Å²) < 4.78 is 5.06. The summed E-state index contributed by atoms with van der Waals surface area (Å²) >= 11 is 0. The van der Waals surface area contributed by atoms with Gasteiger partial charge in [-0.3, -0.25) is 10.7 Å². The van der Waals surface area contributed by atoms with Crippen LogP contribution >= 0.6 is 0 Å². The van der Waals surface area contributed by atoms with E-state index in [9.17, 15) is 4.79 Å². The monoisotopic (exact) mass is 269 g/mol. The molecule has 0 heterocycles. The normalized spacial score (nSPS) is 22.8. The van der Waals surface area contributed by atoms with E-state index in [0.29, 0.717) is 6.61 Å². The van der Waals surface area contributed by atoms with E-state index in [1.54, 1.807) is 0 Å². The van der Waals surface area contributed by atoms with Crippen LogP contribution in [-0.4, -0.2) is 24.6 Å². The molecule has 0 saturated heterocycles. The molecule has 0 spiro atoms. The van der Waals surface area contributed by atoms with Crippen molar-refractivity contribution in [3.63, 3.8) is 0 Å². The molecule has 0 bridgehead atoms. The number of hydrogen-bond acceptors (Lipinski definition) is 4. The van der Waals surface area contributed by atoms with Gasteiger partial charge in [-0.25, -0.2) is 4.79 Å². The van der Waals surface area contributed by atoms with Crippen LogP contribution < -0.4 is 11.1 Å². The predicted octanol–water partition coefficient (Wildman–Crippen LogP) is 2.79. The number of hydrogen-bond donors (Lipinski definition) is 3. The average molecular weight is 269 g/mol. The van der Waals surface area contributed by atoms with Crippen LogP contribution in [0.5, 0.6) is 0 Å². The Morgan fingerprint density at radius 3 is 2.58 bits per heavy atom. The Bertz CT molecular complexity index is 286. The van der Waals surface area contributed by atoms with Gasteiger partial charge in [-0.15, -0.1) is 0 Å². The van der Waals surface area contributed by atoms with Crippen molar-refractivity contribution >= 4 is 11.9 Å². The maximum Gasteiger partial charge on any atom is 0.412 e. The third kappa shape index (κ3) is 6.57. The van der Waals surface area contributed by atoms with E-state index >= 15 is 0 Å². The van der Waals surface area contributed by atoms with Crippen molar-refractivity contribution in [3.8, 4) is 0 Å². The lowest BCUT2D eigenvalue weighted by atomic mass is 9.86. The maximum atomic E-state index is 11.5. The molecule has 19 heavy (non-hydrogen) atoms. The van der Waals surface area contributed by atoms with Gasteiger partial charge in [0.25, 0.3) is 0 Å². The van der Waals surface area contributed by atoms with Crippen molar-refractivity contribution in [2.45, 2.75) is 64.3 Å². The van der Waals surface area contributed by atoms with Crippen LogP contribution in [0.4, 0.5) is 4.79 Å². The number of carbonyl (C=O) groups excluding carboxylic acids is 1. The Morgan fingerprint density at radius 1 is 1.26 bits per heavy atom. The smallest absolute Gasteiger partial charge is 0.412 e. The number of nitrogens with two attached hydrogens (primary N) is 1. The summed E-state index contributed by atoms with van der Waals surface area (Å²) in [6, 6.07) is 0.259. The van der Waals surface area contributed by atoms with Gasteiger partial charge in [0.05, 0.1) is 6.61 Å². The molecule has 110 valence electrons. The molecule has 5 nitrogen and oxygen atoms in total. The molecular weight excluding hydrogens is 242 g/mol. The number of ether oxygens (including phenoxy) is 1. The summed E-state index contributed by atoms with van der Waals surface area (Å²) in [6.07, 6.45) is 7.46. The Morgan fingerprint density at radius 2 is 1.95 bits per heavy atom. The largest absolute Gasteiger partial charge is 0.449 e. The number of unbranched alkanes of at least 4 members (excludes halogenated alkanes) is 3. The predicted molar refractivity (Wildman–Crippen MR) is 76.3 cm³/mol. The summed E-state index contributed by atoms with van der Waals surface area (Å²) in [5.41, 5.74) is 5.82. The Kier molecular flexibility index (Phi) is 7.48. The van der Waals surface area contributed by atoms with Crippen molar-refractivity contribution in [3.05, 3.63) is 0 Å². The number of carbonyl (C=O) groups is 1. The molecule has 5 heteroatoms. The van der Waals surface area contributed by atoms with Gasteiger partial charge in [0, 0.05) is 12.0 Å². The highest BCUT2D eigenvalue weighted by Crippen LogP contribution is 2.23. The van der Waals surface area contributed by atoms with Gasteiger partial charge in [-0.2, -0.15) is 0 Å². The highest BCUT2D eigenvalue weighted by Gasteiger charge is 2.23. The number of nitrogens with one attached hydrogen (secondary N) is 2. The van der Waals surface area contributed by atoms with Crippen LogP contribution in [0.25, 0.3) is 0 Å². The first-order valence-electron chi connectivity index (χ1n) is 7.41. The standard InChI is InChI=1S/C14H27N3O2/c1-2-3-4-5-10-19-14(18)17-13(16)11-6-8-12(15)9-7-11/h11-12H,2-10,15H2,1H3,(H2,16,17,18). The minimum Gasteiger partial charge on any atom is -0.449 e. The molecule has 0 aliphatic heterocycles. The van der Waals surface area contributed by atoms with E-state index in [4.69, 9.17) is 15.9 Å². The van der Waals surface area contributed by atoms with Crippen LogP contribution in [0.15, 0.2) is 0 Å². The topological polar surface area (TPSA) is 88.2 Å². The van der Waals surface area contributed by atoms with Crippen LogP contribution in [0.3, 0.4) is 0 Å². The Hall–Kier alpha value is -1.10. The molecular formula is C14H27N3O2. The fourth-order valence-corrected chi connectivity index (χ4v) is 2.35. The number of amides is 1. The summed E-state index contributed by atoms with van der Waals surface area (Å²) in [5.74, 6) is 0.415. The molecule has 1 aliphatic rings. The minimum absolute atomic E-state index is 0.132. The van der Waals surface area contributed by atoms with E-state index < -0.39 is 6.09 Å². The Labute approximate surface area is 115 Å². The van der Waals surface area contributed by atoms with Gasteiger partial charge < -0.3 is 10.5 Å². The summed E-state index contributed by atoms with van der Waals surface area (Å²) in [7, 11) is 0. The van der Waals surface area contributed by atoms with Gasteiger partial charge in [0.1, 0.15) is 5.84 Å². The zero-order valence-corrected chi connectivity index (χ0v) is 11.9. The molecule has 0 unspecified atom stereocenters. The van der Waals surface area contributed by atoms with Gasteiger partial charge in [-0.05, 0) is 32.1 Å². The van der Waals surface area contributed by atoms with Crippen LogP contribution in [0, 0.1) is 11.3 Å². The van der Waals surface area contributed by atoms with Gasteiger partial charge in [0.2, 0.25) is 0 Å². The van der Waals surface area contributed by atoms with E-state index in [1.165, 1.54) is 12.8 Å². The minimum atomic E-state index is -0.489. The number of alkyl carbamates (subject to hydrolysis) is 1. The first kappa shape index (κ1) is 16.0. The molecule has 1 saturated carbocycles. The van der Waals surface area contributed by atoms with E-state index in [0.717, 1.165) is 38.5 Å². The maximum absolute atomic E-state index is 11.5. The average Bonchev–Trinajstić information content (AvgIpc) is 2.39. The van der Waals surface area contributed by atoms with Crippen molar-refractivity contribution in [1.29, 1.82) is 5.41 Å². The lowest BCUT2D eigenvalue weighted by Crippen LogP contribution is -2.39. The van der Waals surface area contributed by atoms with E-state index in [2.05, 4.69) is 12.2 Å². The highest BCUT2D eigenvalue weighted by molar-refractivity contribution is 5.94. The molecule has 0 atom stereocenters. The van der Waals surface area contributed by atoms with Crippen molar-refractivity contribution < 1.29 is 9.53 Å². The highest BCUT2D eigenvalue weighted by atomic mass is 16.5.